The molecule has 0 bridgehead atoms. The van der Waals surface area contributed by atoms with E-state index in [-0.39, 0.29) is 12.1 Å². The van der Waals surface area contributed by atoms with Gasteiger partial charge in [-0.3, -0.25) is 4.90 Å². The highest BCUT2D eigenvalue weighted by atomic mass is 16.5. The van der Waals surface area contributed by atoms with E-state index in [2.05, 4.69) is 4.90 Å². The fourth-order valence-electron chi connectivity index (χ4n) is 2.83. The lowest BCUT2D eigenvalue weighted by Crippen LogP contribution is -2.34. The van der Waals surface area contributed by atoms with Crippen LogP contribution in [-0.4, -0.2) is 52.0 Å². The summed E-state index contributed by atoms with van der Waals surface area (Å²) >= 11 is 0. The molecular weight excluding hydrogens is 256 g/mol. The molecule has 20 heavy (non-hydrogen) atoms. The summed E-state index contributed by atoms with van der Waals surface area (Å²) in [7, 11) is 5.05. The highest BCUT2D eigenvalue weighted by Crippen LogP contribution is 2.37. The van der Waals surface area contributed by atoms with E-state index in [4.69, 9.17) is 19.9 Å². The number of ether oxygens (including phenoxy) is 3. The second-order valence-corrected chi connectivity index (χ2v) is 5.03. The van der Waals surface area contributed by atoms with Crippen LogP contribution in [0.1, 0.15) is 18.0 Å². The Labute approximate surface area is 120 Å². The van der Waals surface area contributed by atoms with Gasteiger partial charge >= 0.3 is 0 Å². The summed E-state index contributed by atoms with van der Waals surface area (Å²) < 4.78 is 15.9. The monoisotopic (exact) mass is 280 g/mol. The highest BCUT2D eigenvalue weighted by Gasteiger charge is 2.34. The molecule has 112 valence electrons. The number of nitrogens with two attached hydrogens (primary N) is 1. The lowest BCUT2D eigenvalue weighted by molar-refractivity contribution is 0.138. The van der Waals surface area contributed by atoms with Crippen molar-refractivity contribution in [3.63, 3.8) is 0 Å². The number of methoxy groups -OCH3 is 3. The number of benzene rings is 1. The number of hydrogen-bond donors (Lipinski definition) is 1. The van der Waals surface area contributed by atoms with E-state index in [1.807, 2.05) is 18.2 Å². The molecule has 0 spiro atoms. The number of hydrogen-bond acceptors (Lipinski definition) is 5. The van der Waals surface area contributed by atoms with Crippen LogP contribution >= 0.6 is 0 Å². The first-order valence-electron chi connectivity index (χ1n) is 6.91. The topological polar surface area (TPSA) is 57.0 Å². The van der Waals surface area contributed by atoms with Crippen LogP contribution < -0.4 is 15.2 Å². The zero-order chi connectivity index (χ0) is 14.5. The molecule has 0 aliphatic carbocycles. The Morgan fingerprint density at radius 3 is 2.70 bits per heavy atom. The van der Waals surface area contributed by atoms with Crippen LogP contribution in [0.3, 0.4) is 0 Å². The first-order valence-corrected chi connectivity index (χ1v) is 6.91. The van der Waals surface area contributed by atoms with Crippen LogP contribution in [0.4, 0.5) is 0 Å². The molecule has 1 fully saturated rings. The molecule has 0 amide bonds. The zero-order valence-corrected chi connectivity index (χ0v) is 12.5. The second kappa shape index (κ2) is 6.92. The Balaban J connectivity index is 2.27. The summed E-state index contributed by atoms with van der Waals surface area (Å²) in [5.74, 6) is 1.62. The van der Waals surface area contributed by atoms with Gasteiger partial charge in [0.25, 0.3) is 0 Å². The average Bonchev–Trinajstić information content (AvgIpc) is 2.85. The van der Waals surface area contributed by atoms with Crippen LogP contribution in [0.15, 0.2) is 18.2 Å². The Kier molecular flexibility index (Phi) is 5.23. The van der Waals surface area contributed by atoms with Crippen molar-refractivity contribution in [2.45, 2.75) is 18.5 Å². The molecule has 5 heteroatoms. The minimum absolute atomic E-state index is 0.120. The summed E-state index contributed by atoms with van der Waals surface area (Å²) in [6, 6.07) is 6.21. The molecule has 1 aliphatic heterocycles. The van der Waals surface area contributed by atoms with Crippen LogP contribution in [0.5, 0.6) is 11.5 Å². The van der Waals surface area contributed by atoms with Crippen LogP contribution in [0.2, 0.25) is 0 Å². The fourth-order valence-corrected chi connectivity index (χ4v) is 2.83. The minimum atomic E-state index is 0.120. The van der Waals surface area contributed by atoms with Crippen molar-refractivity contribution in [1.82, 2.24) is 4.90 Å². The minimum Gasteiger partial charge on any atom is -0.497 e. The largest absolute Gasteiger partial charge is 0.497 e. The number of likely N-dealkylation sites (tertiary alicyclic amines) is 1. The maximum Gasteiger partial charge on any atom is 0.127 e. The molecule has 1 saturated heterocycles. The molecule has 1 heterocycles. The van der Waals surface area contributed by atoms with E-state index in [1.54, 1.807) is 21.3 Å². The average molecular weight is 280 g/mol. The van der Waals surface area contributed by atoms with Crippen molar-refractivity contribution >= 4 is 0 Å². The predicted molar refractivity (Wildman–Crippen MR) is 78.3 cm³/mol. The lowest BCUT2D eigenvalue weighted by atomic mass is 9.99. The third kappa shape index (κ3) is 3.06. The Hall–Kier alpha value is -1.30. The molecule has 0 aromatic heterocycles. The molecule has 1 aromatic rings. The Bertz CT molecular complexity index is 439. The van der Waals surface area contributed by atoms with Gasteiger partial charge in [-0.2, -0.15) is 0 Å². The van der Waals surface area contributed by atoms with E-state index in [1.165, 1.54) is 0 Å². The normalized spacial score (nSPS) is 23.0. The maximum atomic E-state index is 6.30. The summed E-state index contributed by atoms with van der Waals surface area (Å²) in [4.78, 5) is 2.36. The van der Waals surface area contributed by atoms with Gasteiger partial charge in [-0.1, -0.05) is 6.07 Å². The van der Waals surface area contributed by atoms with E-state index in [0.29, 0.717) is 6.61 Å². The maximum absolute atomic E-state index is 6.30. The van der Waals surface area contributed by atoms with E-state index in [0.717, 1.165) is 36.6 Å². The number of nitrogens with zero attached hydrogens (tertiary/aromatic N) is 1. The highest BCUT2D eigenvalue weighted by molar-refractivity contribution is 5.43. The van der Waals surface area contributed by atoms with Gasteiger partial charge in [0.1, 0.15) is 11.5 Å². The van der Waals surface area contributed by atoms with Crippen molar-refractivity contribution in [3.8, 4) is 11.5 Å². The summed E-state index contributed by atoms with van der Waals surface area (Å²) in [6.07, 6.45) is 0.990. The molecule has 2 rings (SSSR count). The van der Waals surface area contributed by atoms with Gasteiger partial charge in [0, 0.05) is 37.9 Å². The Morgan fingerprint density at radius 1 is 1.25 bits per heavy atom. The molecular formula is C15H24N2O3. The summed E-state index contributed by atoms with van der Waals surface area (Å²) in [6.45, 7) is 2.58. The van der Waals surface area contributed by atoms with Gasteiger partial charge in [0.05, 0.1) is 26.9 Å². The van der Waals surface area contributed by atoms with Crippen LogP contribution in [0, 0.1) is 0 Å². The van der Waals surface area contributed by atoms with Crippen molar-refractivity contribution in [1.29, 1.82) is 0 Å². The molecule has 1 aliphatic rings. The van der Waals surface area contributed by atoms with Gasteiger partial charge in [0.2, 0.25) is 0 Å². The van der Waals surface area contributed by atoms with Gasteiger partial charge in [-0.15, -0.1) is 0 Å². The first kappa shape index (κ1) is 15.1. The van der Waals surface area contributed by atoms with Gasteiger partial charge in [-0.25, -0.2) is 0 Å². The third-order valence-corrected chi connectivity index (χ3v) is 3.89. The summed E-state index contributed by atoms with van der Waals surface area (Å²) in [5.41, 5.74) is 7.42. The van der Waals surface area contributed by atoms with Gasteiger partial charge in [-0.05, 0) is 12.5 Å². The van der Waals surface area contributed by atoms with Crippen molar-refractivity contribution < 1.29 is 14.2 Å². The molecule has 2 atom stereocenters. The van der Waals surface area contributed by atoms with Gasteiger partial charge in [0.15, 0.2) is 0 Å². The van der Waals surface area contributed by atoms with Crippen molar-refractivity contribution in [2.75, 3.05) is 41.0 Å². The standard InChI is InChI=1S/C15H24N2O3/c1-18-9-8-17-7-6-13(16)15(17)12-5-4-11(19-2)10-14(12)20-3/h4-5,10,13,15H,6-9,16H2,1-3H3. The second-order valence-electron chi connectivity index (χ2n) is 5.03. The molecule has 2 N–H and O–H groups in total. The van der Waals surface area contributed by atoms with Crippen LogP contribution in [-0.2, 0) is 4.74 Å². The fraction of sp³-hybridized carbons (Fsp3) is 0.600. The number of rotatable bonds is 6. The smallest absolute Gasteiger partial charge is 0.127 e. The zero-order valence-electron chi connectivity index (χ0n) is 12.5. The molecule has 0 saturated carbocycles. The quantitative estimate of drug-likeness (QED) is 0.854. The molecule has 1 aromatic carbocycles. The SMILES string of the molecule is COCCN1CCC(N)C1c1ccc(OC)cc1OC. The third-order valence-electron chi connectivity index (χ3n) is 3.89. The summed E-state index contributed by atoms with van der Waals surface area (Å²) in [5, 5.41) is 0. The molecule has 2 unspecified atom stereocenters. The lowest BCUT2D eigenvalue weighted by Gasteiger charge is -2.28. The van der Waals surface area contributed by atoms with E-state index < -0.39 is 0 Å². The van der Waals surface area contributed by atoms with E-state index in [9.17, 15) is 0 Å². The van der Waals surface area contributed by atoms with E-state index >= 15 is 0 Å². The van der Waals surface area contributed by atoms with Crippen LogP contribution in [0.25, 0.3) is 0 Å². The predicted octanol–water partition coefficient (Wildman–Crippen LogP) is 1.42. The molecule has 5 nitrogen and oxygen atoms in total. The van der Waals surface area contributed by atoms with Gasteiger partial charge < -0.3 is 19.9 Å². The van der Waals surface area contributed by atoms with Crippen molar-refractivity contribution in [2.24, 2.45) is 5.73 Å². The molecule has 0 radical (unpaired) electrons. The first-order chi connectivity index (χ1) is 9.71. The van der Waals surface area contributed by atoms with Crippen molar-refractivity contribution in [3.05, 3.63) is 23.8 Å². The Morgan fingerprint density at radius 2 is 2.05 bits per heavy atom.